The average Bonchev–Trinajstić information content (AvgIpc) is 3.42. The van der Waals surface area contributed by atoms with Gasteiger partial charge in [0.05, 0.1) is 12.6 Å². The molecule has 0 spiro atoms. The molecule has 2 aliphatic heterocycles. The van der Waals surface area contributed by atoms with E-state index in [-0.39, 0.29) is 61.7 Å². The van der Waals surface area contributed by atoms with Crippen LogP contribution in [0.4, 0.5) is 0 Å². The van der Waals surface area contributed by atoms with E-state index in [2.05, 4.69) is 5.32 Å². The summed E-state index contributed by atoms with van der Waals surface area (Å²) in [5.74, 6) is -0.737. The smallest absolute Gasteiger partial charge is 0.268 e. The van der Waals surface area contributed by atoms with E-state index >= 15 is 0 Å². The normalized spacial score (nSPS) is 24.6. The van der Waals surface area contributed by atoms with Crippen LogP contribution in [0.25, 0.3) is 0 Å². The summed E-state index contributed by atoms with van der Waals surface area (Å²) in [4.78, 5) is 59.0. The Bertz CT molecular complexity index is 937. The summed E-state index contributed by atoms with van der Waals surface area (Å²) in [6, 6.07) is 0.448. The van der Waals surface area contributed by atoms with E-state index in [4.69, 9.17) is 10.5 Å². The van der Waals surface area contributed by atoms with Crippen LogP contribution in [0.3, 0.4) is 0 Å². The Hall–Kier alpha value is -2.70. The van der Waals surface area contributed by atoms with Crippen molar-refractivity contribution in [2.75, 3.05) is 61.0 Å². The lowest BCUT2D eigenvalue weighted by Gasteiger charge is -2.28. The summed E-state index contributed by atoms with van der Waals surface area (Å²) >= 11 is 1.23. The first kappa shape index (κ1) is 26.9. The summed E-state index contributed by atoms with van der Waals surface area (Å²) in [5.41, 5.74) is 6.11. The van der Waals surface area contributed by atoms with Crippen LogP contribution in [0.5, 0.6) is 5.75 Å². The van der Waals surface area contributed by atoms with Gasteiger partial charge >= 0.3 is 0 Å². The van der Waals surface area contributed by atoms with Gasteiger partial charge in [0, 0.05) is 46.2 Å². The van der Waals surface area contributed by atoms with Gasteiger partial charge in [-0.3, -0.25) is 19.2 Å². The van der Waals surface area contributed by atoms with Gasteiger partial charge in [0.15, 0.2) is 0 Å². The zero-order valence-corrected chi connectivity index (χ0v) is 21.7. The van der Waals surface area contributed by atoms with Gasteiger partial charge in [0.2, 0.25) is 17.7 Å². The average molecular weight is 509 g/mol. The number of likely N-dealkylation sites (N-methyl/N-ethyl adjacent to an activating group) is 3. The molecule has 0 radical (unpaired) electrons. The molecule has 3 rings (SSSR count). The highest BCUT2D eigenvalue weighted by molar-refractivity contribution is 7.12. The third-order valence-corrected chi connectivity index (χ3v) is 7.28. The molecule has 1 saturated heterocycles. The van der Waals surface area contributed by atoms with Crippen molar-refractivity contribution < 1.29 is 23.9 Å². The lowest BCUT2D eigenvalue weighted by atomic mass is 10.1. The van der Waals surface area contributed by atoms with E-state index in [1.807, 2.05) is 19.0 Å². The van der Waals surface area contributed by atoms with Crippen LogP contribution in [0.1, 0.15) is 28.9 Å². The molecule has 1 aromatic rings. The quantitative estimate of drug-likeness (QED) is 0.557. The van der Waals surface area contributed by atoms with Crippen molar-refractivity contribution in [3.63, 3.8) is 0 Å². The molecule has 0 saturated carbocycles. The standard InChI is InChI=1S/C23H36N6O5S/c1-26(2)9-8-25-22(32)17-5-6-19(30)27(3)13-20(31)29-12-15(24)11-16(29)14-34-18-7-10-35-21(18)23(33)28(17)4/h7,10,15-17H,5-6,8-9,11-14,24H2,1-4H3,(H,25,32)/t15-,16+,17+/m1/s1. The van der Waals surface area contributed by atoms with Crippen LogP contribution in [0.2, 0.25) is 0 Å². The molecule has 0 bridgehead atoms. The van der Waals surface area contributed by atoms with E-state index in [0.717, 1.165) is 0 Å². The Morgan fingerprint density at radius 3 is 2.71 bits per heavy atom. The van der Waals surface area contributed by atoms with Crippen molar-refractivity contribution in [3.8, 4) is 5.75 Å². The van der Waals surface area contributed by atoms with Gasteiger partial charge in [-0.05, 0) is 38.4 Å². The van der Waals surface area contributed by atoms with Crippen LogP contribution in [0.15, 0.2) is 11.4 Å². The predicted molar refractivity (Wildman–Crippen MR) is 132 cm³/mol. The molecule has 35 heavy (non-hydrogen) atoms. The predicted octanol–water partition coefficient (Wildman–Crippen LogP) is -0.574. The second-order valence-electron chi connectivity index (χ2n) is 9.44. The molecule has 0 aromatic carbocycles. The highest BCUT2D eigenvalue weighted by Crippen LogP contribution is 2.29. The zero-order valence-electron chi connectivity index (χ0n) is 20.9. The molecular weight excluding hydrogens is 472 g/mol. The van der Waals surface area contributed by atoms with Crippen LogP contribution in [-0.2, 0) is 14.4 Å². The number of thiophene rings is 1. The molecule has 2 aliphatic rings. The molecule has 3 N–H and O–H groups in total. The van der Waals surface area contributed by atoms with Gasteiger partial charge in [0.1, 0.15) is 23.3 Å². The highest BCUT2D eigenvalue weighted by Gasteiger charge is 2.36. The summed E-state index contributed by atoms with van der Waals surface area (Å²) in [7, 11) is 6.94. The maximum Gasteiger partial charge on any atom is 0.268 e. The van der Waals surface area contributed by atoms with Crippen molar-refractivity contribution >= 4 is 35.0 Å². The van der Waals surface area contributed by atoms with Crippen LogP contribution in [0, 0.1) is 0 Å². The number of hydrogen-bond donors (Lipinski definition) is 2. The fraction of sp³-hybridized carbons (Fsp3) is 0.652. The lowest BCUT2D eigenvalue weighted by Crippen LogP contribution is -2.49. The van der Waals surface area contributed by atoms with Crippen molar-refractivity contribution in [2.24, 2.45) is 5.73 Å². The third kappa shape index (κ3) is 6.71. The van der Waals surface area contributed by atoms with Crippen molar-refractivity contribution in [3.05, 3.63) is 16.3 Å². The molecule has 0 aliphatic carbocycles. The van der Waals surface area contributed by atoms with E-state index in [1.165, 1.54) is 21.1 Å². The molecule has 11 nitrogen and oxygen atoms in total. The van der Waals surface area contributed by atoms with E-state index in [1.54, 1.807) is 30.4 Å². The van der Waals surface area contributed by atoms with E-state index in [9.17, 15) is 19.2 Å². The molecule has 1 fully saturated rings. The first-order valence-electron chi connectivity index (χ1n) is 11.8. The van der Waals surface area contributed by atoms with Gasteiger partial charge in [-0.1, -0.05) is 0 Å². The van der Waals surface area contributed by atoms with Gasteiger partial charge < -0.3 is 35.4 Å². The fourth-order valence-corrected chi connectivity index (χ4v) is 5.14. The Labute approximate surface area is 210 Å². The van der Waals surface area contributed by atoms with Crippen LogP contribution >= 0.6 is 11.3 Å². The number of nitrogens with one attached hydrogen (secondary N) is 1. The molecule has 12 heteroatoms. The fourth-order valence-electron chi connectivity index (χ4n) is 4.33. The second kappa shape index (κ2) is 11.8. The zero-order chi connectivity index (χ0) is 25.7. The number of carbonyl (C=O) groups excluding carboxylic acids is 4. The molecule has 4 amide bonds. The molecule has 3 atom stereocenters. The maximum atomic E-state index is 13.4. The lowest BCUT2D eigenvalue weighted by molar-refractivity contribution is -0.140. The highest BCUT2D eigenvalue weighted by atomic mass is 32.1. The molecule has 1 aromatic heterocycles. The topological polar surface area (TPSA) is 129 Å². The largest absolute Gasteiger partial charge is 0.490 e. The van der Waals surface area contributed by atoms with Gasteiger partial charge in [-0.15, -0.1) is 11.3 Å². The minimum atomic E-state index is -0.848. The first-order chi connectivity index (χ1) is 16.6. The number of rotatable bonds is 4. The van der Waals surface area contributed by atoms with E-state index < -0.39 is 6.04 Å². The first-order valence-corrected chi connectivity index (χ1v) is 12.6. The monoisotopic (exact) mass is 508 g/mol. The third-order valence-electron chi connectivity index (χ3n) is 6.40. The molecule has 194 valence electrons. The maximum absolute atomic E-state index is 13.4. The summed E-state index contributed by atoms with van der Waals surface area (Å²) < 4.78 is 5.99. The van der Waals surface area contributed by atoms with Crippen molar-refractivity contribution in [2.45, 2.75) is 37.4 Å². The van der Waals surface area contributed by atoms with Crippen molar-refractivity contribution in [1.82, 2.24) is 24.9 Å². The number of nitrogens with zero attached hydrogens (tertiary/aromatic N) is 4. The second-order valence-corrected chi connectivity index (χ2v) is 10.4. The minimum Gasteiger partial charge on any atom is -0.490 e. The molecule has 0 unspecified atom stereocenters. The summed E-state index contributed by atoms with van der Waals surface area (Å²) in [5, 5.41) is 4.62. The minimum absolute atomic E-state index is 0.0178. The van der Waals surface area contributed by atoms with E-state index in [0.29, 0.717) is 36.7 Å². The number of fused-ring (bicyclic) bond motifs is 2. The summed E-state index contributed by atoms with van der Waals surface area (Å²) in [6.07, 6.45) is 0.724. The number of hydrogen-bond acceptors (Lipinski definition) is 8. The SMILES string of the molecule is CN(C)CCNC(=O)[C@@H]1CCC(=O)N(C)CC(=O)N2C[C@H](N)C[C@H]2COc2ccsc2C(=O)N1C. The van der Waals surface area contributed by atoms with Gasteiger partial charge in [-0.2, -0.15) is 0 Å². The Morgan fingerprint density at radius 1 is 1.26 bits per heavy atom. The van der Waals surface area contributed by atoms with Crippen molar-refractivity contribution in [1.29, 1.82) is 0 Å². The number of carbonyl (C=O) groups is 4. The molecule has 3 heterocycles. The van der Waals surface area contributed by atoms with Gasteiger partial charge in [-0.25, -0.2) is 0 Å². The Morgan fingerprint density at radius 2 is 2.00 bits per heavy atom. The van der Waals surface area contributed by atoms with Crippen LogP contribution in [-0.4, -0.2) is 122 Å². The summed E-state index contributed by atoms with van der Waals surface area (Å²) in [6.45, 7) is 1.55. The van der Waals surface area contributed by atoms with Crippen LogP contribution < -0.4 is 15.8 Å². The Balaban J connectivity index is 1.86. The molecular formula is C23H36N6O5S. The number of amides is 4. The number of nitrogens with two attached hydrogens (primary N) is 1. The Kier molecular flexibility index (Phi) is 9.09. The number of ether oxygens (including phenoxy) is 1. The van der Waals surface area contributed by atoms with Gasteiger partial charge in [0.25, 0.3) is 5.91 Å².